The quantitative estimate of drug-likeness (QED) is 0.601. The summed E-state index contributed by atoms with van der Waals surface area (Å²) in [5.74, 6) is 0. The van der Waals surface area contributed by atoms with Crippen LogP contribution in [0.5, 0.6) is 0 Å². The number of fused-ring (bicyclic) bond motifs is 1. The lowest BCUT2D eigenvalue weighted by Crippen LogP contribution is -2.28. The van der Waals surface area contributed by atoms with Crippen LogP contribution in [0.15, 0.2) is 42.5 Å². The number of hydrogen-bond donors (Lipinski definition) is 0. The number of aromatic nitrogens is 1. The van der Waals surface area contributed by atoms with Crippen molar-refractivity contribution in [2.24, 2.45) is 0 Å². The second-order valence-corrected chi connectivity index (χ2v) is 8.13. The molecule has 4 heteroatoms. The fourth-order valence-electron chi connectivity index (χ4n) is 3.47. The number of likely N-dealkylation sites (tertiary alicyclic amines) is 1. The van der Waals surface area contributed by atoms with Crippen LogP contribution in [-0.4, -0.2) is 29.0 Å². The maximum atomic E-state index is 5.98. The number of nitrogens with zero attached hydrogens (tertiary/aromatic N) is 2. The molecule has 0 spiro atoms. The minimum atomic E-state index is 0.732. The first kappa shape index (κ1) is 16.1. The average Bonchev–Trinajstić information content (AvgIpc) is 3.18. The molecular weight excluding hydrogens is 336 g/mol. The molecule has 2 nitrogen and oxygen atoms in total. The van der Waals surface area contributed by atoms with Crippen molar-refractivity contribution in [3.05, 3.63) is 52.5 Å². The number of halogens is 1. The van der Waals surface area contributed by atoms with E-state index in [-0.39, 0.29) is 0 Å². The predicted octanol–water partition coefficient (Wildman–Crippen LogP) is 5.64. The average molecular weight is 357 g/mol. The van der Waals surface area contributed by atoms with Gasteiger partial charge in [0.05, 0.1) is 15.2 Å². The minimum absolute atomic E-state index is 0.732. The van der Waals surface area contributed by atoms with Crippen molar-refractivity contribution in [3.8, 4) is 11.1 Å². The second-order valence-electron chi connectivity index (χ2n) is 6.57. The Kier molecular flexibility index (Phi) is 4.57. The van der Waals surface area contributed by atoms with Crippen LogP contribution in [0.3, 0.4) is 0 Å². The lowest BCUT2D eigenvalue weighted by atomic mass is 10.1. The number of benzene rings is 2. The Morgan fingerprint density at radius 3 is 2.71 bits per heavy atom. The van der Waals surface area contributed by atoms with Gasteiger partial charge in [0, 0.05) is 24.0 Å². The molecule has 2 heterocycles. The molecule has 1 saturated heterocycles. The van der Waals surface area contributed by atoms with Gasteiger partial charge in [-0.25, -0.2) is 4.98 Å². The van der Waals surface area contributed by atoms with Gasteiger partial charge in [-0.15, -0.1) is 11.3 Å². The van der Waals surface area contributed by atoms with E-state index in [1.54, 1.807) is 0 Å². The largest absolute Gasteiger partial charge is 0.300 e. The maximum absolute atomic E-state index is 5.98. The Labute approximate surface area is 152 Å². The number of thiazole rings is 1. The summed E-state index contributed by atoms with van der Waals surface area (Å²) < 4.78 is 1.28. The van der Waals surface area contributed by atoms with Gasteiger partial charge in [-0.1, -0.05) is 29.8 Å². The minimum Gasteiger partial charge on any atom is -0.300 e. The molecule has 124 valence electrons. The van der Waals surface area contributed by atoms with Crippen LogP contribution in [0.2, 0.25) is 5.02 Å². The summed E-state index contributed by atoms with van der Waals surface area (Å²) in [6, 6.07) is 15.3. The molecule has 1 fully saturated rings. The molecule has 3 aromatic rings. The molecule has 0 aliphatic carbocycles. The highest BCUT2D eigenvalue weighted by Gasteiger charge is 2.20. The summed E-state index contributed by atoms with van der Waals surface area (Å²) in [5.41, 5.74) is 3.49. The van der Waals surface area contributed by atoms with Crippen LogP contribution >= 0.6 is 22.9 Å². The molecule has 0 saturated carbocycles. The molecule has 1 unspecified atom stereocenters. The zero-order valence-corrected chi connectivity index (χ0v) is 15.4. The third kappa shape index (κ3) is 3.34. The summed E-state index contributed by atoms with van der Waals surface area (Å²) in [7, 11) is 0. The summed E-state index contributed by atoms with van der Waals surface area (Å²) in [6.07, 6.45) is 3.73. The smallest absolute Gasteiger partial charge is 0.0951 e. The topological polar surface area (TPSA) is 16.1 Å². The van der Waals surface area contributed by atoms with Gasteiger partial charge in [0.15, 0.2) is 0 Å². The van der Waals surface area contributed by atoms with Crippen molar-refractivity contribution in [3.63, 3.8) is 0 Å². The Hall–Kier alpha value is -1.42. The molecule has 4 rings (SSSR count). The molecule has 0 radical (unpaired) electrons. The molecular formula is C20H21ClN2S. The van der Waals surface area contributed by atoms with Crippen LogP contribution in [0.25, 0.3) is 21.3 Å². The van der Waals surface area contributed by atoms with Gasteiger partial charge in [-0.05, 0) is 61.7 Å². The van der Waals surface area contributed by atoms with Crippen molar-refractivity contribution in [2.75, 3.05) is 13.1 Å². The third-order valence-electron chi connectivity index (χ3n) is 4.91. The first-order valence-electron chi connectivity index (χ1n) is 8.58. The number of hydrogen-bond acceptors (Lipinski definition) is 3. The predicted molar refractivity (Wildman–Crippen MR) is 104 cm³/mol. The van der Waals surface area contributed by atoms with E-state index in [1.807, 2.05) is 23.5 Å². The van der Waals surface area contributed by atoms with Crippen molar-refractivity contribution in [1.82, 2.24) is 9.88 Å². The fraction of sp³-hybridized carbons (Fsp3) is 0.350. The highest BCUT2D eigenvalue weighted by Crippen LogP contribution is 2.29. The van der Waals surface area contributed by atoms with Crippen molar-refractivity contribution < 1.29 is 0 Å². The molecule has 0 N–H and O–H groups in total. The van der Waals surface area contributed by atoms with Crippen LogP contribution in [0.1, 0.15) is 24.8 Å². The molecule has 0 amide bonds. The normalized spacial score (nSPS) is 18.5. The van der Waals surface area contributed by atoms with E-state index in [1.165, 1.54) is 40.2 Å². The SMILES string of the molecule is CC1CCCN1CCc1nc2cc(-c3ccc(Cl)cc3)ccc2s1. The first-order valence-corrected chi connectivity index (χ1v) is 9.78. The van der Waals surface area contributed by atoms with E-state index in [0.717, 1.165) is 29.5 Å². The highest BCUT2D eigenvalue weighted by molar-refractivity contribution is 7.18. The fourth-order valence-corrected chi connectivity index (χ4v) is 4.53. The molecule has 1 aromatic heterocycles. The standard InChI is InChI=1S/C20H21ClN2S/c1-14-3-2-11-23(14)12-10-20-22-18-13-16(6-9-19(18)24-20)15-4-7-17(21)8-5-15/h4-9,13-14H,2-3,10-12H2,1H3. The van der Waals surface area contributed by atoms with Gasteiger partial charge in [-0.3, -0.25) is 0 Å². The van der Waals surface area contributed by atoms with Gasteiger partial charge in [0.25, 0.3) is 0 Å². The Morgan fingerprint density at radius 1 is 1.17 bits per heavy atom. The summed E-state index contributed by atoms with van der Waals surface area (Å²) in [5, 5.41) is 2.02. The molecule has 24 heavy (non-hydrogen) atoms. The lowest BCUT2D eigenvalue weighted by Gasteiger charge is -2.19. The number of rotatable bonds is 4. The molecule has 0 bridgehead atoms. The summed E-state index contributed by atoms with van der Waals surface area (Å²) in [6.45, 7) is 4.71. The third-order valence-corrected chi connectivity index (χ3v) is 6.26. The lowest BCUT2D eigenvalue weighted by molar-refractivity contribution is 0.272. The van der Waals surface area contributed by atoms with Gasteiger partial charge in [0.1, 0.15) is 0 Å². The van der Waals surface area contributed by atoms with E-state index >= 15 is 0 Å². The zero-order chi connectivity index (χ0) is 16.5. The van der Waals surface area contributed by atoms with Gasteiger partial charge >= 0.3 is 0 Å². The van der Waals surface area contributed by atoms with Crippen molar-refractivity contribution in [1.29, 1.82) is 0 Å². The van der Waals surface area contributed by atoms with Crippen LogP contribution < -0.4 is 0 Å². The monoisotopic (exact) mass is 356 g/mol. The molecule has 2 aromatic carbocycles. The van der Waals surface area contributed by atoms with Crippen molar-refractivity contribution >= 4 is 33.2 Å². The molecule has 1 atom stereocenters. The zero-order valence-electron chi connectivity index (χ0n) is 13.8. The van der Waals surface area contributed by atoms with E-state index < -0.39 is 0 Å². The van der Waals surface area contributed by atoms with Crippen LogP contribution in [0.4, 0.5) is 0 Å². The van der Waals surface area contributed by atoms with Crippen molar-refractivity contribution in [2.45, 2.75) is 32.2 Å². The summed E-state index contributed by atoms with van der Waals surface area (Å²) >= 11 is 7.81. The van der Waals surface area contributed by atoms with E-state index in [9.17, 15) is 0 Å². The highest BCUT2D eigenvalue weighted by atomic mass is 35.5. The first-order chi connectivity index (χ1) is 11.7. The second kappa shape index (κ2) is 6.83. The van der Waals surface area contributed by atoms with E-state index in [2.05, 4.69) is 42.2 Å². The van der Waals surface area contributed by atoms with E-state index in [4.69, 9.17) is 16.6 Å². The Morgan fingerprint density at radius 2 is 1.96 bits per heavy atom. The Balaban J connectivity index is 1.53. The Bertz CT molecular complexity index is 840. The molecule has 1 aliphatic heterocycles. The van der Waals surface area contributed by atoms with Crippen LogP contribution in [0, 0.1) is 0 Å². The summed E-state index contributed by atoms with van der Waals surface area (Å²) in [4.78, 5) is 7.46. The molecule has 1 aliphatic rings. The van der Waals surface area contributed by atoms with Crippen LogP contribution in [-0.2, 0) is 6.42 Å². The van der Waals surface area contributed by atoms with Gasteiger partial charge in [-0.2, -0.15) is 0 Å². The van der Waals surface area contributed by atoms with Gasteiger partial charge in [0.2, 0.25) is 0 Å². The van der Waals surface area contributed by atoms with Gasteiger partial charge < -0.3 is 4.90 Å². The van der Waals surface area contributed by atoms with E-state index in [0.29, 0.717) is 0 Å². The maximum Gasteiger partial charge on any atom is 0.0951 e.